The van der Waals surface area contributed by atoms with Crippen molar-refractivity contribution < 1.29 is 18.1 Å². The summed E-state index contributed by atoms with van der Waals surface area (Å²) in [5, 5.41) is 13.7. The smallest absolute Gasteiger partial charge is 0.289 e. The number of morpholine rings is 1. The van der Waals surface area contributed by atoms with Crippen LogP contribution in [0.15, 0.2) is 23.1 Å². The Morgan fingerprint density at radius 1 is 1.52 bits per heavy atom. The van der Waals surface area contributed by atoms with Crippen molar-refractivity contribution >= 4 is 27.3 Å². The molecule has 1 unspecified atom stereocenters. The Morgan fingerprint density at radius 2 is 2.29 bits per heavy atom. The largest absolute Gasteiger partial charge is 0.374 e. The highest BCUT2D eigenvalue weighted by atomic mass is 35.5. The van der Waals surface area contributed by atoms with E-state index in [4.69, 9.17) is 16.3 Å². The molecule has 8 nitrogen and oxygen atoms in total. The van der Waals surface area contributed by atoms with Crippen molar-refractivity contribution in [2.24, 2.45) is 0 Å². The Labute approximate surface area is 126 Å². The van der Waals surface area contributed by atoms with Gasteiger partial charge in [-0.25, -0.2) is 13.1 Å². The first-order valence-electron chi connectivity index (χ1n) is 6.16. The van der Waals surface area contributed by atoms with E-state index in [1.807, 2.05) is 0 Å². The minimum absolute atomic E-state index is 0.0890. The summed E-state index contributed by atoms with van der Waals surface area (Å²) in [6.07, 6.45) is -0.268. The molecular weight excluding hydrogens is 322 g/mol. The number of hydrogen-bond acceptors (Lipinski definition) is 6. The number of ether oxygens (including phenoxy) is 1. The lowest BCUT2D eigenvalue weighted by Gasteiger charge is -2.23. The van der Waals surface area contributed by atoms with Gasteiger partial charge in [-0.3, -0.25) is 10.1 Å². The van der Waals surface area contributed by atoms with Crippen LogP contribution in [-0.2, 0) is 14.8 Å². The van der Waals surface area contributed by atoms with E-state index in [2.05, 4.69) is 10.0 Å². The van der Waals surface area contributed by atoms with Crippen molar-refractivity contribution in [2.45, 2.75) is 11.0 Å². The van der Waals surface area contributed by atoms with Crippen molar-refractivity contribution in [3.8, 4) is 0 Å². The summed E-state index contributed by atoms with van der Waals surface area (Å²) in [4.78, 5) is 9.85. The highest BCUT2D eigenvalue weighted by molar-refractivity contribution is 7.89. The molecule has 1 aromatic carbocycles. The van der Waals surface area contributed by atoms with Crippen LogP contribution in [0.5, 0.6) is 0 Å². The number of nitrogens with one attached hydrogen (secondary N) is 2. The fourth-order valence-corrected chi connectivity index (χ4v) is 3.11. The van der Waals surface area contributed by atoms with E-state index in [1.165, 1.54) is 12.1 Å². The normalized spacial score (nSPS) is 19.4. The molecule has 10 heteroatoms. The van der Waals surface area contributed by atoms with Crippen molar-refractivity contribution in [2.75, 3.05) is 26.2 Å². The van der Waals surface area contributed by atoms with Crippen LogP contribution in [0.4, 0.5) is 5.69 Å². The molecule has 1 aromatic rings. The average Bonchev–Trinajstić information content (AvgIpc) is 2.46. The molecule has 21 heavy (non-hydrogen) atoms. The lowest BCUT2D eigenvalue weighted by atomic mass is 10.3. The fraction of sp³-hybridized carbons (Fsp3) is 0.455. The van der Waals surface area contributed by atoms with Crippen LogP contribution in [0.3, 0.4) is 0 Å². The second-order valence-electron chi connectivity index (χ2n) is 4.42. The predicted octanol–water partition coefficient (Wildman–Crippen LogP) is 0.515. The zero-order valence-corrected chi connectivity index (χ0v) is 12.5. The predicted molar refractivity (Wildman–Crippen MR) is 75.9 cm³/mol. The molecular formula is C11H14ClN3O5S. The van der Waals surface area contributed by atoms with E-state index >= 15 is 0 Å². The quantitative estimate of drug-likeness (QED) is 0.599. The summed E-state index contributed by atoms with van der Waals surface area (Å²) < 4.78 is 32.0. The lowest BCUT2D eigenvalue weighted by Crippen LogP contribution is -2.45. The number of sulfonamides is 1. The van der Waals surface area contributed by atoms with Gasteiger partial charge in [-0.05, 0) is 12.1 Å². The molecule has 2 rings (SSSR count). The van der Waals surface area contributed by atoms with Crippen LogP contribution >= 0.6 is 11.6 Å². The van der Waals surface area contributed by atoms with Crippen molar-refractivity contribution in [1.82, 2.24) is 10.0 Å². The summed E-state index contributed by atoms with van der Waals surface area (Å²) in [5.74, 6) is 0. The van der Waals surface area contributed by atoms with Crippen molar-refractivity contribution in [3.63, 3.8) is 0 Å². The molecule has 0 spiro atoms. The summed E-state index contributed by atoms with van der Waals surface area (Å²) in [7, 11) is -3.85. The molecule has 0 bridgehead atoms. The Balaban J connectivity index is 2.11. The minimum atomic E-state index is -3.85. The number of nitro benzene ring substituents is 1. The standard InChI is InChI=1S/C11H14ClN3O5S/c12-10-2-1-9(5-11(10)15(16)17)21(18,19)14-7-8-6-13-3-4-20-8/h1-2,5,8,13-14H,3-4,6-7H2. The molecule has 1 atom stereocenters. The molecule has 2 N–H and O–H groups in total. The first-order valence-corrected chi connectivity index (χ1v) is 8.02. The number of rotatable bonds is 5. The first-order chi connectivity index (χ1) is 9.90. The van der Waals surface area contributed by atoms with Crippen LogP contribution in [0, 0.1) is 10.1 Å². The van der Waals surface area contributed by atoms with Crippen LogP contribution < -0.4 is 10.0 Å². The summed E-state index contributed by atoms with van der Waals surface area (Å²) in [6.45, 7) is 1.88. The van der Waals surface area contributed by atoms with Crippen LogP contribution in [0.2, 0.25) is 5.02 Å². The molecule has 0 aliphatic carbocycles. The third-order valence-corrected chi connectivity index (χ3v) is 4.67. The van der Waals surface area contributed by atoms with Gasteiger partial charge in [-0.2, -0.15) is 0 Å². The SMILES string of the molecule is O=[N+]([O-])c1cc(S(=O)(=O)NCC2CNCCO2)ccc1Cl. The van der Waals surface area contributed by atoms with Gasteiger partial charge < -0.3 is 10.1 Å². The molecule has 116 valence electrons. The zero-order valence-electron chi connectivity index (χ0n) is 10.9. The Morgan fingerprint density at radius 3 is 2.90 bits per heavy atom. The van der Waals surface area contributed by atoms with Gasteiger partial charge in [0.05, 0.1) is 22.5 Å². The van der Waals surface area contributed by atoms with Crippen LogP contribution in [0.1, 0.15) is 0 Å². The molecule has 1 aliphatic rings. The molecule has 1 heterocycles. The van der Waals surface area contributed by atoms with E-state index < -0.39 is 20.6 Å². The number of halogens is 1. The summed E-state index contributed by atoms with van der Waals surface area (Å²) in [5.41, 5.74) is -0.449. The third kappa shape index (κ3) is 4.11. The maximum atomic E-state index is 12.1. The van der Waals surface area contributed by atoms with E-state index in [-0.39, 0.29) is 22.6 Å². The maximum Gasteiger partial charge on any atom is 0.289 e. The van der Waals surface area contributed by atoms with Crippen molar-refractivity contribution in [3.05, 3.63) is 33.3 Å². The van der Waals surface area contributed by atoms with E-state index in [0.717, 1.165) is 12.6 Å². The molecule has 0 radical (unpaired) electrons. The zero-order chi connectivity index (χ0) is 15.5. The van der Waals surface area contributed by atoms with E-state index in [9.17, 15) is 18.5 Å². The van der Waals surface area contributed by atoms with Gasteiger partial charge in [0.15, 0.2) is 0 Å². The number of nitrogens with zero attached hydrogens (tertiary/aromatic N) is 1. The summed E-state index contributed by atoms with van der Waals surface area (Å²) >= 11 is 5.65. The van der Waals surface area contributed by atoms with Crippen molar-refractivity contribution in [1.29, 1.82) is 0 Å². The monoisotopic (exact) mass is 335 g/mol. The molecule has 1 fully saturated rings. The average molecular weight is 336 g/mol. The molecule has 0 amide bonds. The Hall–Kier alpha value is -1.26. The summed E-state index contributed by atoms with van der Waals surface area (Å²) in [6, 6.07) is 3.34. The molecule has 0 saturated carbocycles. The van der Waals surface area contributed by atoms with Crippen LogP contribution in [0.25, 0.3) is 0 Å². The van der Waals surface area contributed by atoms with Gasteiger partial charge in [-0.15, -0.1) is 0 Å². The van der Waals surface area contributed by atoms with Gasteiger partial charge in [0.1, 0.15) is 5.02 Å². The Kier molecular flexibility index (Phi) is 5.12. The van der Waals surface area contributed by atoms with Gasteiger partial charge in [0.25, 0.3) is 5.69 Å². The Bertz CT molecular complexity index is 631. The van der Waals surface area contributed by atoms with Gasteiger partial charge in [0.2, 0.25) is 10.0 Å². The number of nitro groups is 1. The number of hydrogen-bond donors (Lipinski definition) is 2. The molecule has 0 aromatic heterocycles. The first kappa shape index (κ1) is 16.1. The maximum absolute atomic E-state index is 12.1. The van der Waals surface area contributed by atoms with Crippen LogP contribution in [-0.4, -0.2) is 45.7 Å². The van der Waals surface area contributed by atoms with E-state index in [1.54, 1.807) is 0 Å². The topological polar surface area (TPSA) is 111 Å². The molecule has 1 aliphatic heterocycles. The highest BCUT2D eigenvalue weighted by Crippen LogP contribution is 2.26. The van der Waals surface area contributed by atoms with Gasteiger partial charge >= 0.3 is 0 Å². The van der Waals surface area contributed by atoms with E-state index in [0.29, 0.717) is 13.2 Å². The highest BCUT2D eigenvalue weighted by Gasteiger charge is 2.22. The second kappa shape index (κ2) is 6.67. The number of benzene rings is 1. The minimum Gasteiger partial charge on any atom is -0.374 e. The fourth-order valence-electron chi connectivity index (χ4n) is 1.84. The molecule has 1 saturated heterocycles. The second-order valence-corrected chi connectivity index (χ2v) is 6.59. The van der Waals surface area contributed by atoms with Gasteiger partial charge in [-0.1, -0.05) is 11.6 Å². The lowest BCUT2D eigenvalue weighted by molar-refractivity contribution is -0.384. The third-order valence-electron chi connectivity index (χ3n) is 2.93. The van der Waals surface area contributed by atoms with Gasteiger partial charge in [0, 0.05) is 25.7 Å².